The minimum atomic E-state index is -4.54. The van der Waals surface area contributed by atoms with Crippen molar-refractivity contribution in [1.29, 1.82) is 0 Å². The highest BCUT2D eigenvalue weighted by Gasteiger charge is 2.35. The Hall–Kier alpha value is -4.20. The van der Waals surface area contributed by atoms with Crippen molar-refractivity contribution in [3.63, 3.8) is 0 Å². The Kier molecular flexibility index (Phi) is 7.61. The van der Waals surface area contributed by atoms with Crippen molar-refractivity contribution in [2.75, 3.05) is 32.5 Å². The third-order valence-corrected chi connectivity index (χ3v) is 7.18. The number of benzene rings is 2. The second-order valence-corrected chi connectivity index (χ2v) is 10.3. The van der Waals surface area contributed by atoms with Crippen LogP contribution >= 0.6 is 0 Å². The highest BCUT2D eigenvalue weighted by molar-refractivity contribution is 6.04. The molecule has 206 valence electrons. The van der Waals surface area contributed by atoms with E-state index in [1.165, 1.54) is 12.1 Å². The summed E-state index contributed by atoms with van der Waals surface area (Å²) in [5.74, 6) is 5.60. The highest BCUT2D eigenvalue weighted by atomic mass is 19.4. The molecule has 1 saturated heterocycles. The summed E-state index contributed by atoms with van der Waals surface area (Å²) in [6.07, 6.45) is -0.335. The van der Waals surface area contributed by atoms with Crippen LogP contribution in [0.25, 0.3) is 11.0 Å². The molecule has 2 aromatic carbocycles. The van der Waals surface area contributed by atoms with Gasteiger partial charge in [-0.25, -0.2) is 4.98 Å². The second kappa shape index (κ2) is 11.1. The highest BCUT2D eigenvalue weighted by Crippen LogP contribution is 2.35. The fourth-order valence-corrected chi connectivity index (χ4v) is 4.82. The summed E-state index contributed by atoms with van der Waals surface area (Å²) < 4.78 is 42.0. The Labute approximate surface area is 230 Å². The van der Waals surface area contributed by atoms with E-state index in [1.807, 2.05) is 32.0 Å². The molecule has 0 aliphatic carbocycles. The van der Waals surface area contributed by atoms with E-state index in [-0.39, 0.29) is 17.8 Å². The van der Waals surface area contributed by atoms with E-state index in [1.54, 1.807) is 30.6 Å². The lowest BCUT2D eigenvalue weighted by Gasteiger charge is -2.22. The number of aromatic nitrogens is 3. The molecule has 3 heterocycles. The van der Waals surface area contributed by atoms with Gasteiger partial charge in [0.1, 0.15) is 0 Å². The lowest BCUT2D eigenvalue weighted by atomic mass is 10.0. The Balaban J connectivity index is 1.33. The van der Waals surface area contributed by atoms with Crippen LogP contribution in [0.4, 0.5) is 18.9 Å². The van der Waals surface area contributed by atoms with Gasteiger partial charge in [0, 0.05) is 59.6 Å². The summed E-state index contributed by atoms with van der Waals surface area (Å²) in [5, 5.41) is 10.2. The van der Waals surface area contributed by atoms with Gasteiger partial charge in [-0.2, -0.15) is 18.3 Å². The number of rotatable bonds is 5. The number of anilines is 1. The molecule has 0 saturated carbocycles. The molecule has 40 heavy (non-hydrogen) atoms. The molecule has 1 aliphatic rings. The minimum absolute atomic E-state index is 0.0846. The number of carbonyl (C=O) groups is 1. The number of fused-ring (bicyclic) bond motifs is 1. The van der Waals surface area contributed by atoms with Gasteiger partial charge in [-0.3, -0.25) is 14.8 Å². The van der Waals surface area contributed by atoms with Crippen LogP contribution in [-0.4, -0.2) is 64.1 Å². The molecule has 0 spiro atoms. The van der Waals surface area contributed by atoms with Gasteiger partial charge in [-0.1, -0.05) is 24.0 Å². The Bertz CT molecular complexity index is 1620. The summed E-state index contributed by atoms with van der Waals surface area (Å²) in [5.41, 5.74) is 2.68. The van der Waals surface area contributed by atoms with Crippen LogP contribution in [0, 0.1) is 18.8 Å². The maximum atomic E-state index is 14.0. The van der Waals surface area contributed by atoms with Crippen molar-refractivity contribution in [2.45, 2.75) is 32.1 Å². The normalized spacial score (nSPS) is 15.8. The van der Waals surface area contributed by atoms with Crippen molar-refractivity contribution in [1.82, 2.24) is 25.0 Å². The smallest absolute Gasteiger partial charge is 0.322 e. The number of H-pyrrole nitrogens is 1. The minimum Gasteiger partial charge on any atom is -0.322 e. The van der Waals surface area contributed by atoms with Gasteiger partial charge in [-0.15, -0.1) is 0 Å². The topological polar surface area (TPSA) is 77.2 Å². The van der Waals surface area contributed by atoms with E-state index in [9.17, 15) is 18.0 Å². The Morgan fingerprint density at radius 3 is 2.73 bits per heavy atom. The molecule has 2 aromatic heterocycles. The van der Waals surface area contributed by atoms with Crippen LogP contribution in [0.5, 0.6) is 0 Å². The van der Waals surface area contributed by atoms with E-state index in [2.05, 4.69) is 37.2 Å². The molecular formula is C30H29F3N6O. The van der Waals surface area contributed by atoms with E-state index < -0.39 is 17.6 Å². The lowest BCUT2D eigenvalue weighted by Crippen LogP contribution is -2.31. The molecule has 7 nitrogen and oxygen atoms in total. The van der Waals surface area contributed by atoms with Crippen LogP contribution in [0.15, 0.2) is 54.9 Å². The molecule has 1 atom stereocenters. The number of pyridine rings is 1. The number of alkyl halides is 3. The maximum Gasteiger partial charge on any atom is 0.416 e. The van der Waals surface area contributed by atoms with Gasteiger partial charge in [0.15, 0.2) is 5.65 Å². The van der Waals surface area contributed by atoms with Crippen LogP contribution in [-0.2, 0) is 12.7 Å². The zero-order valence-electron chi connectivity index (χ0n) is 22.4. The van der Waals surface area contributed by atoms with Crippen molar-refractivity contribution in [2.24, 2.45) is 0 Å². The number of carbonyl (C=O) groups excluding carboxylic acids is 1. The van der Waals surface area contributed by atoms with E-state index in [4.69, 9.17) is 0 Å². The first-order valence-electron chi connectivity index (χ1n) is 12.9. The van der Waals surface area contributed by atoms with Crippen LogP contribution < -0.4 is 5.32 Å². The molecule has 5 rings (SSSR count). The van der Waals surface area contributed by atoms with Crippen molar-refractivity contribution < 1.29 is 18.0 Å². The summed E-state index contributed by atoms with van der Waals surface area (Å²) in [6, 6.07) is 11.2. The predicted octanol–water partition coefficient (Wildman–Crippen LogP) is 5.07. The molecule has 1 aliphatic heterocycles. The Morgan fingerprint density at radius 2 is 1.98 bits per heavy atom. The van der Waals surface area contributed by atoms with Gasteiger partial charge < -0.3 is 10.2 Å². The lowest BCUT2D eigenvalue weighted by molar-refractivity contribution is -0.138. The quantitative estimate of drug-likeness (QED) is 0.342. The maximum absolute atomic E-state index is 14.0. The zero-order valence-corrected chi connectivity index (χ0v) is 22.4. The fraction of sp³-hybridized carbons (Fsp3) is 0.300. The predicted molar refractivity (Wildman–Crippen MR) is 148 cm³/mol. The number of hydrogen-bond donors (Lipinski definition) is 2. The van der Waals surface area contributed by atoms with Gasteiger partial charge >= 0.3 is 6.18 Å². The van der Waals surface area contributed by atoms with Crippen molar-refractivity contribution >= 4 is 22.6 Å². The average Bonchev–Trinajstić information content (AvgIpc) is 3.58. The van der Waals surface area contributed by atoms with Crippen molar-refractivity contribution in [3.8, 4) is 11.8 Å². The number of amides is 1. The summed E-state index contributed by atoms with van der Waals surface area (Å²) in [6.45, 7) is 3.54. The fourth-order valence-electron chi connectivity index (χ4n) is 4.82. The standard InChI is InChI=1S/C30H29F3N6O/c1-19-4-6-22(13-21(19)7-5-20-12-24-16-35-37-28(24)34-15-20)29(40)36-25-9-8-23(27(14-25)30(31,32)33)17-39-11-10-26(18-39)38(2)3/h4,6,8-9,12-16,26H,10-11,17-18H2,1-3H3,(H,36,40)(H,34,35,37)/t26-/m0/s1. The largest absolute Gasteiger partial charge is 0.416 e. The van der Waals surface area contributed by atoms with Gasteiger partial charge in [0.05, 0.1) is 11.8 Å². The number of nitrogens with zero attached hydrogens (tertiary/aromatic N) is 4. The number of aromatic amines is 1. The van der Waals surface area contributed by atoms with E-state index >= 15 is 0 Å². The Morgan fingerprint density at radius 1 is 1.15 bits per heavy atom. The first kappa shape index (κ1) is 27.4. The van der Waals surface area contributed by atoms with E-state index in [0.717, 1.165) is 36.5 Å². The SMILES string of the molecule is Cc1ccc(C(=O)Nc2ccc(CN3CC[C@H](N(C)C)C3)c(C(F)(F)F)c2)cc1C#Cc1cnc2[nH]ncc2c1. The molecule has 10 heteroatoms. The number of likely N-dealkylation sites (N-methyl/N-ethyl adjacent to an activating group) is 1. The number of hydrogen-bond acceptors (Lipinski definition) is 5. The average molecular weight is 547 g/mol. The summed E-state index contributed by atoms with van der Waals surface area (Å²) in [4.78, 5) is 21.4. The molecule has 2 N–H and O–H groups in total. The van der Waals surface area contributed by atoms with Gasteiger partial charge in [0.2, 0.25) is 0 Å². The first-order valence-corrected chi connectivity index (χ1v) is 12.9. The number of likely N-dealkylation sites (tertiary alicyclic amines) is 1. The molecule has 0 unspecified atom stereocenters. The summed E-state index contributed by atoms with van der Waals surface area (Å²) in [7, 11) is 3.96. The third-order valence-electron chi connectivity index (χ3n) is 7.18. The second-order valence-electron chi connectivity index (χ2n) is 10.3. The molecule has 4 aromatic rings. The molecule has 1 amide bonds. The monoisotopic (exact) mass is 546 g/mol. The van der Waals surface area contributed by atoms with E-state index in [0.29, 0.717) is 28.4 Å². The number of halogens is 3. The number of nitrogens with one attached hydrogen (secondary N) is 2. The van der Waals surface area contributed by atoms with Crippen LogP contribution in [0.3, 0.4) is 0 Å². The zero-order chi connectivity index (χ0) is 28.4. The number of aryl methyl sites for hydroxylation is 1. The van der Waals surface area contributed by atoms with Crippen LogP contribution in [0.2, 0.25) is 0 Å². The molecule has 0 radical (unpaired) electrons. The molecule has 1 fully saturated rings. The molecular weight excluding hydrogens is 517 g/mol. The van der Waals surface area contributed by atoms with Crippen molar-refractivity contribution in [3.05, 3.63) is 88.2 Å². The van der Waals surface area contributed by atoms with Gasteiger partial charge in [0.25, 0.3) is 5.91 Å². The molecule has 0 bridgehead atoms. The van der Waals surface area contributed by atoms with Crippen LogP contribution in [0.1, 0.15) is 44.6 Å². The van der Waals surface area contributed by atoms with Gasteiger partial charge in [-0.05, 0) is 68.9 Å². The summed E-state index contributed by atoms with van der Waals surface area (Å²) >= 11 is 0. The first-order chi connectivity index (χ1) is 19.1. The third kappa shape index (κ3) is 6.17.